The number of rotatable bonds is 7. The SMILES string of the molecule is Cc1ccc(N(CCCC(=O)Nc2ccc3c(c2)sc(=O)n3C)S(C)(=O)=O)cc1. The molecule has 0 bridgehead atoms. The molecule has 7 nitrogen and oxygen atoms in total. The van der Waals surface area contributed by atoms with Crippen molar-refractivity contribution < 1.29 is 13.2 Å². The van der Waals surface area contributed by atoms with Gasteiger partial charge in [-0.15, -0.1) is 0 Å². The zero-order chi connectivity index (χ0) is 21.2. The molecule has 29 heavy (non-hydrogen) atoms. The molecule has 0 saturated heterocycles. The Bertz CT molecular complexity index is 1190. The second-order valence-electron chi connectivity index (χ2n) is 6.93. The zero-order valence-corrected chi connectivity index (χ0v) is 18.1. The Kier molecular flexibility index (Phi) is 6.09. The van der Waals surface area contributed by atoms with E-state index in [0.717, 1.165) is 33.4 Å². The molecule has 3 rings (SSSR count). The number of hydrogen-bond donors (Lipinski definition) is 1. The summed E-state index contributed by atoms with van der Waals surface area (Å²) in [5, 5.41) is 2.81. The summed E-state index contributed by atoms with van der Waals surface area (Å²) in [6.45, 7) is 2.15. The van der Waals surface area contributed by atoms with E-state index < -0.39 is 10.0 Å². The van der Waals surface area contributed by atoms with Gasteiger partial charge in [-0.1, -0.05) is 29.0 Å². The molecular formula is C20H23N3O4S2. The van der Waals surface area contributed by atoms with Crippen LogP contribution in [0.5, 0.6) is 0 Å². The van der Waals surface area contributed by atoms with Crippen LogP contribution in [0, 0.1) is 6.92 Å². The van der Waals surface area contributed by atoms with Gasteiger partial charge in [0.15, 0.2) is 0 Å². The van der Waals surface area contributed by atoms with Crippen molar-refractivity contribution in [3.8, 4) is 0 Å². The predicted molar refractivity (Wildman–Crippen MR) is 118 cm³/mol. The van der Waals surface area contributed by atoms with Crippen LogP contribution < -0.4 is 14.5 Å². The Balaban J connectivity index is 1.62. The van der Waals surface area contributed by atoms with Gasteiger partial charge in [0.25, 0.3) is 0 Å². The van der Waals surface area contributed by atoms with Gasteiger partial charge in [-0.3, -0.25) is 13.9 Å². The first-order chi connectivity index (χ1) is 13.6. The molecule has 0 saturated carbocycles. The second-order valence-corrected chi connectivity index (χ2v) is 9.83. The van der Waals surface area contributed by atoms with E-state index in [0.29, 0.717) is 17.8 Å². The number of nitrogens with zero attached hydrogens (tertiary/aromatic N) is 2. The van der Waals surface area contributed by atoms with E-state index in [1.165, 1.54) is 4.31 Å². The van der Waals surface area contributed by atoms with Crippen LogP contribution in [0.2, 0.25) is 0 Å². The summed E-state index contributed by atoms with van der Waals surface area (Å²) in [7, 11) is -1.73. The van der Waals surface area contributed by atoms with Crippen molar-refractivity contribution >= 4 is 48.9 Å². The number of aromatic nitrogens is 1. The fourth-order valence-corrected chi connectivity index (χ4v) is 4.90. The van der Waals surface area contributed by atoms with Crippen LogP contribution in [-0.4, -0.2) is 31.7 Å². The average Bonchev–Trinajstić information content (AvgIpc) is 2.92. The minimum absolute atomic E-state index is 0.0551. The van der Waals surface area contributed by atoms with Crippen molar-refractivity contribution in [1.29, 1.82) is 0 Å². The van der Waals surface area contributed by atoms with Crippen LogP contribution in [-0.2, 0) is 21.9 Å². The molecule has 0 spiro atoms. The number of benzene rings is 2. The number of anilines is 2. The Morgan fingerprint density at radius 1 is 1.17 bits per heavy atom. The molecule has 1 aromatic heterocycles. The molecule has 1 heterocycles. The number of sulfonamides is 1. The van der Waals surface area contributed by atoms with Crippen LogP contribution in [0.4, 0.5) is 11.4 Å². The van der Waals surface area contributed by atoms with Gasteiger partial charge in [-0.25, -0.2) is 8.42 Å². The molecule has 0 aliphatic heterocycles. The topological polar surface area (TPSA) is 88.5 Å². The van der Waals surface area contributed by atoms with Gasteiger partial charge in [0, 0.05) is 25.7 Å². The van der Waals surface area contributed by atoms with Gasteiger partial charge in [0.05, 0.1) is 22.2 Å². The number of carbonyl (C=O) groups is 1. The Morgan fingerprint density at radius 2 is 1.86 bits per heavy atom. The van der Waals surface area contributed by atoms with Gasteiger partial charge < -0.3 is 9.88 Å². The first-order valence-electron chi connectivity index (χ1n) is 9.09. The van der Waals surface area contributed by atoms with E-state index in [1.807, 2.05) is 19.1 Å². The number of nitrogens with one attached hydrogen (secondary N) is 1. The lowest BCUT2D eigenvalue weighted by atomic mass is 10.2. The largest absolute Gasteiger partial charge is 0.326 e. The molecule has 3 aromatic rings. The molecule has 0 radical (unpaired) electrons. The van der Waals surface area contributed by atoms with Crippen LogP contribution in [0.25, 0.3) is 10.2 Å². The van der Waals surface area contributed by atoms with Crippen LogP contribution in [0.3, 0.4) is 0 Å². The summed E-state index contributed by atoms with van der Waals surface area (Å²) in [5.41, 5.74) is 3.06. The maximum absolute atomic E-state index is 12.3. The highest BCUT2D eigenvalue weighted by Crippen LogP contribution is 2.22. The Morgan fingerprint density at radius 3 is 2.52 bits per heavy atom. The van der Waals surface area contributed by atoms with Crippen molar-refractivity contribution in [1.82, 2.24) is 4.57 Å². The average molecular weight is 434 g/mol. The second kappa shape index (κ2) is 8.38. The number of amides is 1. The minimum atomic E-state index is -3.44. The number of hydrogen-bond acceptors (Lipinski definition) is 5. The summed E-state index contributed by atoms with van der Waals surface area (Å²) in [6, 6.07) is 12.6. The van der Waals surface area contributed by atoms with Crippen molar-refractivity contribution in [3.63, 3.8) is 0 Å². The number of carbonyl (C=O) groups excluding carboxylic acids is 1. The lowest BCUT2D eigenvalue weighted by Crippen LogP contribution is -2.31. The Hall–Kier alpha value is -2.65. The first-order valence-corrected chi connectivity index (χ1v) is 11.8. The number of aryl methyl sites for hydroxylation is 2. The molecule has 0 unspecified atom stereocenters. The molecule has 2 aromatic carbocycles. The van der Waals surface area contributed by atoms with Gasteiger partial charge in [-0.05, 0) is 43.7 Å². The van der Waals surface area contributed by atoms with Crippen molar-refractivity contribution in [3.05, 3.63) is 57.7 Å². The van der Waals surface area contributed by atoms with Gasteiger partial charge in [-0.2, -0.15) is 0 Å². The fraction of sp³-hybridized carbons (Fsp3) is 0.300. The minimum Gasteiger partial charge on any atom is -0.326 e. The summed E-state index contributed by atoms with van der Waals surface area (Å²) in [4.78, 5) is 24.0. The predicted octanol–water partition coefficient (Wildman–Crippen LogP) is 3.09. The normalized spacial score (nSPS) is 11.6. The third-order valence-electron chi connectivity index (χ3n) is 4.56. The van der Waals surface area contributed by atoms with Crippen LogP contribution in [0.1, 0.15) is 18.4 Å². The van der Waals surface area contributed by atoms with Crippen molar-refractivity contribution in [2.24, 2.45) is 7.05 Å². The maximum atomic E-state index is 12.3. The molecule has 0 aliphatic carbocycles. The van der Waals surface area contributed by atoms with Crippen LogP contribution >= 0.6 is 11.3 Å². The highest BCUT2D eigenvalue weighted by atomic mass is 32.2. The fourth-order valence-electron chi connectivity index (χ4n) is 3.02. The molecule has 0 fully saturated rings. The molecular weight excluding hydrogens is 410 g/mol. The van der Waals surface area contributed by atoms with Gasteiger partial charge in [0.1, 0.15) is 0 Å². The van der Waals surface area contributed by atoms with E-state index >= 15 is 0 Å². The van der Waals surface area contributed by atoms with Gasteiger partial charge in [0.2, 0.25) is 15.9 Å². The smallest absolute Gasteiger partial charge is 0.307 e. The van der Waals surface area contributed by atoms with Gasteiger partial charge >= 0.3 is 4.87 Å². The van der Waals surface area contributed by atoms with E-state index in [2.05, 4.69) is 5.32 Å². The van der Waals surface area contributed by atoms with E-state index in [4.69, 9.17) is 0 Å². The molecule has 0 aliphatic rings. The third-order valence-corrected chi connectivity index (χ3v) is 6.75. The van der Waals surface area contributed by atoms with Crippen molar-refractivity contribution in [2.75, 3.05) is 22.4 Å². The first kappa shape index (κ1) is 21.1. The van der Waals surface area contributed by atoms with E-state index in [-0.39, 0.29) is 23.7 Å². The summed E-state index contributed by atoms with van der Waals surface area (Å²) < 4.78 is 28.0. The zero-order valence-electron chi connectivity index (χ0n) is 16.5. The quantitative estimate of drug-likeness (QED) is 0.620. The van der Waals surface area contributed by atoms with E-state index in [9.17, 15) is 18.0 Å². The molecule has 1 N–H and O–H groups in total. The van der Waals surface area contributed by atoms with E-state index in [1.54, 1.807) is 41.9 Å². The highest BCUT2D eigenvalue weighted by molar-refractivity contribution is 7.92. The summed E-state index contributed by atoms with van der Waals surface area (Å²) in [5.74, 6) is -0.204. The highest BCUT2D eigenvalue weighted by Gasteiger charge is 2.17. The molecule has 1 amide bonds. The summed E-state index contributed by atoms with van der Waals surface area (Å²) >= 11 is 1.13. The number of thiazole rings is 1. The molecule has 0 atom stereocenters. The molecule has 154 valence electrons. The monoisotopic (exact) mass is 433 g/mol. The molecule has 9 heteroatoms. The maximum Gasteiger partial charge on any atom is 0.307 e. The number of fused-ring (bicyclic) bond motifs is 1. The third kappa shape index (κ3) is 5.04. The Labute approximate surface area is 173 Å². The summed E-state index contributed by atoms with van der Waals surface area (Å²) in [6.07, 6.45) is 1.72. The lowest BCUT2D eigenvalue weighted by Gasteiger charge is -2.22. The van der Waals surface area contributed by atoms with Crippen molar-refractivity contribution in [2.45, 2.75) is 19.8 Å². The standard InChI is InChI=1S/C20H23N3O4S2/c1-14-6-9-16(10-7-14)23(29(3,26)27)12-4-5-19(24)21-15-8-11-17-18(13-15)28-20(25)22(17)2/h6-11,13H,4-5,12H2,1-3H3,(H,21,24). The van der Waals surface area contributed by atoms with Crippen LogP contribution in [0.15, 0.2) is 47.3 Å². The lowest BCUT2D eigenvalue weighted by molar-refractivity contribution is -0.116.